The quantitative estimate of drug-likeness (QED) is 0.801. The summed E-state index contributed by atoms with van der Waals surface area (Å²) in [5.41, 5.74) is 6.97. The maximum Gasteiger partial charge on any atom is 0.221 e. The minimum atomic E-state index is 0.0527. The molecule has 4 nitrogen and oxygen atoms in total. The van der Waals surface area contributed by atoms with E-state index in [4.69, 9.17) is 5.73 Å². The van der Waals surface area contributed by atoms with Gasteiger partial charge in [0, 0.05) is 36.6 Å². The zero-order valence-corrected chi connectivity index (χ0v) is 13.1. The van der Waals surface area contributed by atoms with Gasteiger partial charge in [-0.05, 0) is 25.6 Å². The Bertz CT molecular complexity index is 411. The summed E-state index contributed by atoms with van der Waals surface area (Å²) in [6.45, 7) is 3.81. The fraction of sp³-hybridized carbons (Fsp3) is 0.500. The van der Waals surface area contributed by atoms with Crippen molar-refractivity contribution in [2.24, 2.45) is 5.73 Å². The molecule has 5 heteroatoms. The van der Waals surface area contributed by atoms with Crippen molar-refractivity contribution in [2.45, 2.75) is 25.9 Å². The minimum absolute atomic E-state index is 0.0527. The van der Waals surface area contributed by atoms with E-state index in [9.17, 15) is 4.79 Å². The van der Waals surface area contributed by atoms with Crippen LogP contribution in [0.15, 0.2) is 28.7 Å². The van der Waals surface area contributed by atoms with Crippen molar-refractivity contribution >= 4 is 21.8 Å². The molecular weight excluding hydrogens is 306 g/mol. The summed E-state index contributed by atoms with van der Waals surface area (Å²) >= 11 is 3.53. The van der Waals surface area contributed by atoms with Gasteiger partial charge in [0.25, 0.3) is 0 Å². The maximum absolute atomic E-state index is 11.6. The number of halogens is 1. The number of rotatable bonds is 7. The molecule has 1 unspecified atom stereocenters. The third-order valence-corrected chi connectivity index (χ3v) is 3.84. The second-order valence-electron chi connectivity index (χ2n) is 4.55. The monoisotopic (exact) mass is 327 g/mol. The molecule has 1 atom stereocenters. The van der Waals surface area contributed by atoms with E-state index < -0.39 is 0 Å². The molecule has 0 radical (unpaired) electrons. The van der Waals surface area contributed by atoms with Gasteiger partial charge in [-0.25, -0.2) is 0 Å². The van der Waals surface area contributed by atoms with Gasteiger partial charge < -0.3 is 11.1 Å². The van der Waals surface area contributed by atoms with Crippen molar-refractivity contribution in [1.29, 1.82) is 0 Å². The number of carbonyl (C=O) groups is 1. The normalized spacial score (nSPS) is 12.5. The summed E-state index contributed by atoms with van der Waals surface area (Å²) in [5, 5.41) is 2.81. The topological polar surface area (TPSA) is 58.4 Å². The second-order valence-corrected chi connectivity index (χ2v) is 5.41. The van der Waals surface area contributed by atoms with E-state index in [2.05, 4.69) is 32.2 Å². The fourth-order valence-electron chi connectivity index (χ4n) is 1.93. The first kappa shape index (κ1) is 16.1. The molecule has 0 aliphatic rings. The highest BCUT2D eigenvalue weighted by molar-refractivity contribution is 9.10. The van der Waals surface area contributed by atoms with Crippen LogP contribution in [-0.2, 0) is 11.3 Å². The van der Waals surface area contributed by atoms with Gasteiger partial charge >= 0.3 is 0 Å². The molecule has 1 aromatic carbocycles. The first-order valence-corrected chi connectivity index (χ1v) is 7.28. The number of hydrogen-bond donors (Lipinski definition) is 2. The highest BCUT2D eigenvalue weighted by Gasteiger charge is 2.17. The van der Waals surface area contributed by atoms with Gasteiger partial charge in [0.2, 0.25) is 5.91 Å². The average molecular weight is 328 g/mol. The van der Waals surface area contributed by atoms with E-state index in [0.717, 1.165) is 11.0 Å². The van der Waals surface area contributed by atoms with Crippen molar-refractivity contribution < 1.29 is 4.79 Å². The van der Waals surface area contributed by atoms with Crippen LogP contribution in [0.1, 0.15) is 18.9 Å². The highest BCUT2D eigenvalue weighted by atomic mass is 79.9. The third kappa shape index (κ3) is 5.30. The van der Waals surface area contributed by atoms with Crippen molar-refractivity contribution in [3.63, 3.8) is 0 Å². The van der Waals surface area contributed by atoms with E-state index in [0.29, 0.717) is 19.5 Å². The predicted octanol–water partition coefficient (Wildman–Crippen LogP) is 1.73. The largest absolute Gasteiger partial charge is 0.356 e. The average Bonchev–Trinajstić information content (AvgIpc) is 2.39. The van der Waals surface area contributed by atoms with Crippen LogP contribution in [0.25, 0.3) is 0 Å². The molecule has 0 aliphatic heterocycles. The minimum Gasteiger partial charge on any atom is -0.356 e. The summed E-state index contributed by atoms with van der Waals surface area (Å²) in [5.74, 6) is 0.0527. The smallest absolute Gasteiger partial charge is 0.221 e. The molecule has 0 spiro atoms. The number of nitrogens with one attached hydrogen (secondary N) is 1. The van der Waals surface area contributed by atoms with Crippen LogP contribution in [-0.4, -0.2) is 37.0 Å². The van der Waals surface area contributed by atoms with Crippen LogP contribution in [0.5, 0.6) is 0 Å². The SMILES string of the molecule is CCNC(=O)CC(CN)N(C)Cc1ccccc1Br. The molecule has 1 aromatic rings. The Labute approximate surface area is 123 Å². The van der Waals surface area contributed by atoms with Gasteiger partial charge in [-0.1, -0.05) is 34.1 Å². The van der Waals surface area contributed by atoms with Crippen LogP contribution in [0.4, 0.5) is 0 Å². The van der Waals surface area contributed by atoms with Gasteiger partial charge in [0.05, 0.1) is 0 Å². The Morgan fingerprint density at radius 2 is 2.16 bits per heavy atom. The lowest BCUT2D eigenvalue weighted by atomic mass is 10.1. The van der Waals surface area contributed by atoms with Gasteiger partial charge in [-0.2, -0.15) is 0 Å². The van der Waals surface area contributed by atoms with Gasteiger partial charge in [0.1, 0.15) is 0 Å². The van der Waals surface area contributed by atoms with Gasteiger partial charge in [-0.3, -0.25) is 9.69 Å². The summed E-state index contributed by atoms with van der Waals surface area (Å²) < 4.78 is 1.08. The molecule has 0 heterocycles. The number of likely N-dealkylation sites (N-methyl/N-ethyl adjacent to an activating group) is 1. The van der Waals surface area contributed by atoms with Crippen molar-refractivity contribution in [3.05, 3.63) is 34.3 Å². The van der Waals surface area contributed by atoms with Crippen LogP contribution in [0.3, 0.4) is 0 Å². The fourth-order valence-corrected chi connectivity index (χ4v) is 2.34. The molecule has 1 amide bonds. The molecular formula is C14H22BrN3O. The molecule has 0 aromatic heterocycles. The van der Waals surface area contributed by atoms with Crippen LogP contribution in [0, 0.1) is 0 Å². The Balaban J connectivity index is 2.61. The zero-order chi connectivity index (χ0) is 14.3. The van der Waals surface area contributed by atoms with E-state index in [-0.39, 0.29) is 11.9 Å². The van der Waals surface area contributed by atoms with Crippen molar-refractivity contribution in [1.82, 2.24) is 10.2 Å². The number of carbonyl (C=O) groups excluding carboxylic acids is 1. The molecule has 0 aliphatic carbocycles. The lowest BCUT2D eigenvalue weighted by Gasteiger charge is -2.27. The summed E-state index contributed by atoms with van der Waals surface area (Å²) in [6, 6.07) is 8.14. The Morgan fingerprint density at radius 1 is 1.47 bits per heavy atom. The first-order chi connectivity index (χ1) is 9.08. The van der Waals surface area contributed by atoms with E-state index >= 15 is 0 Å². The predicted molar refractivity (Wildman–Crippen MR) is 81.8 cm³/mol. The summed E-state index contributed by atoms with van der Waals surface area (Å²) in [4.78, 5) is 13.8. The van der Waals surface area contributed by atoms with Crippen molar-refractivity contribution in [2.75, 3.05) is 20.1 Å². The number of nitrogens with zero attached hydrogens (tertiary/aromatic N) is 1. The molecule has 0 bridgehead atoms. The van der Waals surface area contributed by atoms with E-state index in [1.165, 1.54) is 5.56 Å². The van der Waals surface area contributed by atoms with Gasteiger partial charge in [0.15, 0.2) is 0 Å². The molecule has 3 N–H and O–H groups in total. The number of benzene rings is 1. The van der Waals surface area contributed by atoms with Crippen LogP contribution >= 0.6 is 15.9 Å². The highest BCUT2D eigenvalue weighted by Crippen LogP contribution is 2.18. The van der Waals surface area contributed by atoms with E-state index in [1.807, 2.05) is 32.2 Å². The lowest BCUT2D eigenvalue weighted by molar-refractivity contribution is -0.122. The maximum atomic E-state index is 11.6. The first-order valence-electron chi connectivity index (χ1n) is 6.48. The summed E-state index contributed by atoms with van der Waals surface area (Å²) in [6.07, 6.45) is 0.436. The van der Waals surface area contributed by atoms with Crippen molar-refractivity contribution in [3.8, 4) is 0 Å². The lowest BCUT2D eigenvalue weighted by Crippen LogP contribution is -2.41. The number of nitrogens with two attached hydrogens (primary N) is 1. The van der Waals surface area contributed by atoms with Gasteiger partial charge in [-0.15, -0.1) is 0 Å². The molecule has 19 heavy (non-hydrogen) atoms. The number of hydrogen-bond acceptors (Lipinski definition) is 3. The van der Waals surface area contributed by atoms with Crippen LogP contribution in [0.2, 0.25) is 0 Å². The second kappa shape index (κ2) is 8.30. The Kier molecular flexibility index (Phi) is 7.05. The molecule has 106 valence electrons. The molecule has 0 fully saturated rings. The third-order valence-electron chi connectivity index (χ3n) is 3.07. The molecule has 1 rings (SSSR count). The Hall–Kier alpha value is -0.910. The zero-order valence-electron chi connectivity index (χ0n) is 11.5. The van der Waals surface area contributed by atoms with Crippen LogP contribution < -0.4 is 11.1 Å². The summed E-state index contributed by atoms with van der Waals surface area (Å²) in [7, 11) is 2.00. The Morgan fingerprint density at radius 3 is 2.74 bits per heavy atom. The van der Waals surface area contributed by atoms with E-state index in [1.54, 1.807) is 0 Å². The number of amides is 1. The molecule has 0 saturated heterocycles. The standard InChI is InChI=1S/C14H22BrN3O/c1-3-17-14(19)8-12(9-16)18(2)10-11-6-4-5-7-13(11)15/h4-7,12H,3,8-10,16H2,1-2H3,(H,17,19). The molecule has 0 saturated carbocycles.